The van der Waals surface area contributed by atoms with Crippen LogP contribution < -0.4 is 10.6 Å². The Morgan fingerprint density at radius 1 is 1.24 bits per heavy atom. The van der Waals surface area contributed by atoms with Crippen molar-refractivity contribution in [1.82, 2.24) is 4.98 Å². The highest BCUT2D eigenvalue weighted by atomic mass is 35.5. The molecule has 0 fully saturated rings. The quantitative estimate of drug-likeness (QED) is 0.907. The van der Waals surface area contributed by atoms with Crippen LogP contribution in [0.1, 0.15) is 5.56 Å². The number of halogens is 1. The van der Waals surface area contributed by atoms with Gasteiger partial charge in [-0.05, 0) is 23.8 Å². The zero-order chi connectivity index (χ0) is 12.3. The molecule has 1 aromatic carbocycles. The van der Waals surface area contributed by atoms with Crippen molar-refractivity contribution < 1.29 is 0 Å². The molecule has 0 unspecified atom stereocenters. The molecule has 0 bridgehead atoms. The smallest absolute Gasteiger partial charge is 0.146 e. The number of aromatic nitrogens is 1. The Morgan fingerprint density at radius 2 is 2.00 bits per heavy atom. The first-order valence-corrected chi connectivity index (χ1v) is 5.71. The molecule has 0 aliphatic heterocycles. The van der Waals surface area contributed by atoms with E-state index in [0.29, 0.717) is 12.4 Å². The van der Waals surface area contributed by atoms with Crippen molar-refractivity contribution in [3.05, 3.63) is 53.2 Å². The van der Waals surface area contributed by atoms with Crippen LogP contribution in [0.3, 0.4) is 0 Å². The standard InChI is InChI=1S/C13H14ClN3/c1-17(12-7-4-8-16-13(12)15)9-10-5-2-3-6-11(10)14/h2-8H,9H2,1H3,(H2,15,16). The third-order valence-corrected chi connectivity index (χ3v) is 2.96. The van der Waals surface area contributed by atoms with Crippen LogP contribution in [0.2, 0.25) is 5.02 Å². The minimum atomic E-state index is 0.530. The summed E-state index contributed by atoms with van der Waals surface area (Å²) >= 11 is 6.12. The van der Waals surface area contributed by atoms with Crippen LogP contribution >= 0.6 is 11.6 Å². The lowest BCUT2D eigenvalue weighted by Crippen LogP contribution is -2.18. The Morgan fingerprint density at radius 3 is 2.71 bits per heavy atom. The molecule has 2 N–H and O–H groups in total. The summed E-state index contributed by atoms with van der Waals surface area (Å²) < 4.78 is 0. The van der Waals surface area contributed by atoms with Crippen molar-refractivity contribution in [3.8, 4) is 0 Å². The van der Waals surface area contributed by atoms with Crippen molar-refractivity contribution in [3.63, 3.8) is 0 Å². The summed E-state index contributed by atoms with van der Waals surface area (Å²) in [7, 11) is 1.97. The number of hydrogen-bond acceptors (Lipinski definition) is 3. The van der Waals surface area contributed by atoms with Gasteiger partial charge >= 0.3 is 0 Å². The molecule has 1 heterocycles. The average molecular weight is 248 g/mol. The number of rotatable bonds is 3. The third kappa shape index (κ3) is 2.68. The van der Waals surface area contributed by atoms with Gasteiger partial charge in [0.25, 0.3) is 0 Å². The van der Waals surface area contributed by atoms with E-state index in [9.17, 15) is 0 Å². The second kappa shape index (κ2) is 5.06. The fourth-order valence-corrected chi connectivity index (χ4v) is 1.89. The van der Waals surface area contributed by atoms with E-state index >= 15 is 0 Å². The average Bonchev–Trinajstić information content (AvgIpc) is 2.32. The zero-order valence-electron chi connectivity index (χ0n) is 9.60. The van der Waals surface area contributed by atoms with Crippen LogP contribution in [0, 0.1) is 0 Å². The van der Waals surface area contributed by atoms with Crippen molar-refractivity contribution in [2.45, 2.75) is 6.54 Å². The number of nitrogens with zero attached hydrogens (tertiary/aromatic N) is 2. The summed E-state index contributed by atoms with van der Waals surface area (Å²) in [6.45, 7) is 0.704. The lowest BCUT2D eigenvalue weighted by Gasteiger charge is -2.20. The summed E-state index contributed by atoms with van der Waals surface area (Å²) in [5.74, 6) is 0.530. The molecule has 0 amide bonds. The minimum absolute atomic E-state index is 0.530. The second-order valence-corrected chi connectivity index (χ2v) is 4.26. The Hall–Kier alpha value is -1.74. The topological polar surface area (TPSA) is 42.2 Å². The van der Waals surface area contributed by atoms with Crippen molar-refractivity contribution in [2.24, 2.45) is 0 Å². The molecule has 4 heteroatoms. The SMILES string of the molecule is CN(Cc1ccccc1Cl)c1cccnc1N. The van der Waals surface area contributed by atoms with Crippen LogP contribution in [0.25, 0.3) is 0 Å². The number of nitrogen functional groups attached to an aromatic ring is 1. The summed E-state index contributed by atoms with van der Waals surface area (Å²) in [4.78, 5) is 6.10. The van der Waals surface area contributed by atoms with E-state index in [1.165, 1.54) is 0 Å². The largest absolute Gasteiger partial charge is 0.382 e. The van der Waals surface area contributed by atoms with Crippen molar-refractivity contribution in [1.29, 1.82) is 0 Å². The zero-order valence-corrected chi connectivity index (χ0v) is 10.4. The summed E-state index contributed by atoms with van der Waals surface area (Å²) in [5.41, 5.74) is 7.81. The predicted octanol–water partition coefficient (Wildman–Crippen LogP) is 2.95. The van der Waals surface area contributed by atoms with Gasteiger partial charge < -0.3 is 10.6 Å². The first-order chi connectivity index (χ1) is 8.18. The van der Waals surface area contributed by atoms with Gasteiger partial charge in [-0.3, -0.25) is 0 Å². The molecule has 88 valence electrons. The van der Waals surface area contributed by atoms with E-state index in [2.05, 4.69) is 4.98 Å². The maximum atomic E-state index is 6.12. The maximum Gasteiger partial charge on any atom is 0.146 e. The Balaban J connectivity index is 2.20. The van der Waals surface area contributed by atoms with Crippen molar-refractivity contribution in [2.75, 3.05) is 17.7 Å². The normalized spacial score (nSPS) is 10.2. The number of anilines is 2. The van der Waals surface area contributed by atoms with E-state index in [1.807, 2.05) is 48.3 Å². The monoisotopic (exact) mass is 247 g/mol. The molecule has 0 saturated heterocycles. The fraction of sp³-hybridized carbons (Fsp3) is 0.154. The van der Waals surface area contributed by atoms with Gasteiger partial charge in [-0.25, -0.2) is 4.98 Å². The second-order valence-electron chi connectivity index (χ2n) is 3.86. The first kappa shape index (κ1) is 11.7. The molecule has 2 rings (SSSR count). The van der Waals surface area contributed by atoms with Gasteiger partial charge in [-0.1, -0.05) is 29.8 Å². The summed E-state index contributed by atoms with van der Waals surface area (Å²) in [5, 5.41) is 0.766. The van der Waals surface area contributed by atoms with Gasteiger partial charge in [-0.2, -0.15) is 0 Å². The molecule has 0 aliphatic carbocycles. The van der Waals surface area contributed by atoms with E-state index in [-0.39, 0.29) is 0 Å². The minimum Gasteiger partial charge on any atom is -0.382 e. The van der Waals surface area contributed by atoms with Crippen LogP contribution in [0.4, 0.5) is 11.5 Å². The Bertz CT molecular complexity index is 514. The lowest BCUT2D eigenvalue weighted by atomic mass is 10.2. The first-order valence-electron chi connectivity index (χ1n) is 5.33. The summed E-state index contributed by atoms with van der Waals surface area (Å²) in [6.07, 6.45) is 1.68. The lowest BCUT2D eigenvalue weighted by molar-refractivity contribution is 0.921. The van der Waals surface area contributed by atoms with Crippen LogP contribution in [-0.2, 0) is 6.54 Å². The van der Waals surface area contributed by atoms with Crippen LogP contribution in [0.15, 0.2) is 42.6 Å². The van der Waals surface area contributed by atoms with Gasteiger partial charge in [-0.15, -0.1) is 0 Å². The van der Waals surface area contributed by atoms with E-state index in [1.54, 1.807) is 6.20 Å². The highest BCUT2D eigenvalue weighted by Gasteiger charge is 2.07. The van der Waals surface area contributed by atoms with E-state index in [4.69, 9.17) is 17.3 Å². The molecule has 3 nitrogen and oxygen atoms in total. The van der Waals surface area contributed by atoms with Gasteiger partial charge in [0.2, 0.25) is 0 Å². The number of hydrogen-bond donors (Lipinski definition) is 1. The van der Waals surface area contributed by atoms with Gasteiger partial charge in [0.1, 0.15) is 5.82 Å². The number of benzene rings is 1. The molecule has 0 saturated carbocycles. The molecular weight excluding hydrogens is 234 g/mol. The molecule has 17 heavy (non-hydrogen) atoms. The molecular formula is C13H14ClN3. The molecule has 1 aromatic heterocycles. The highest BCUT2D eigenvalue weighted by Crippen LogP contribution is 2.23. The predicted molar refractivity (Wildman–Crippen MR) is 72.2 cm³/mol. The molecule has 0 atom stereocenters. The number of nitrogens with two attached hydrogens (primary N) is 1. The highest BCUT2D eigenvalue weighted by molar-refractivity contribution is 6.31. The van der Waals surface area contributed by atoms with E-state index < -0.39 is 0 Å². The molecule has 0 aliphatic rings. The number of pyridine rings is 1. The van der Waals surface area contributed by atoms with Gasteiger partial charge in [0, 0.05) is 24.8 Å². The Kier molecular flexibility index (Phi) is 3.49. The molecule has 0 spiro atoms. The third-order valence-electron chi connectivity index (χ3n) is 2.59. The molecule has 2 aromatic rings. The van der Waals surface area contributed by atoms with Crippen LogP contribution in [-0.4, -0.2) is 12.0 Å². The molecule has 0 radical (unpaired) electrons. The van der Waals surface area contributed by atoms with Crippen molar-refractivity contribution >= 4 is 23.1 Å². The van der Waals surface area contributed by atoms with E-state index in [0.717, 1.165) is 16.3 Å². The Labute approximate surface area is 106 Å². The fourth-order valence-electron chi connectivity index (χ4n) is 1.70. The van der Waals surface area contributed by atoms with Crippen LogP contribution in [0.5, 0.6) is 0 Å². The maximum absolute atomic E-state index is 6.12. The summed E-state index contributed by atoms with van der Waals surface area (Å²) in [6, 6.07) is 11.6. The van der Waals surface area contributed by atoms with Gasteiger partial charge in [0.05, 0.1) is 5.69 Å². The van der Waals surface area contributed by atoms with Gasteiger partial charge in [0.15, 0.2) is 0 Å².